The lowest BCUT2D eigenvalue weighted by molar-refractivity contribution is 0.0966. The molecule has 0 saturated carbocycles. The minimum atomic E-state index is -0.223. The first-order valence-electron chi connectivity index (χ1n) is 5.19. The van der Waals surface area contributed by atoms with E-state index in [1.165, 1.54) is 24.6 Å². The lowest BCUT2D eigenvalue weighted by atomic mass is 10.4. The van der Waals surface area contributed by atoms with Crippen molar-refractivity contribution < 1.29 is 9.53 Å². The number of nitrogens with zero attached hydrogens (tertiary/aromatic N) is 2. The molecule has 0 unspecified atom stereocenters. The third-order valence-electron chi connectivity index (χ3n) is 2.09. The SMILES string of the molecule is COc1ccnc(NNC(=O)c2ccc(C)s2)n1. The summed E-state index contributed by atoms with van der Waals surface area (Å²) in [6, 6.07) is 5.28. The van der Waals surface area contributed by atoms with E-state index >= 15 is 0 Å². The molecule has 0 atom stereocenters. The number of anilines is 1. The molecule has 94 valence electrons. The van der Waals surface area contributed by atoms with Gasteiger partial charge < -0.3 is 4.74 Å². The van der Waals surface area contributed by atoms with Crippen LogP contribution in [0.1, 0.15) is 14.5 Å². The van der Waals surface area contributed by atoms with Crippen LogP contribution in [0.3, 0.4) is 0 Å². The van der Waals surface area contributed by atoms with E-state index in [4.69, 9.17) is 4.74 Å². The monoisotopic (exact) mass is 264 g/mol. The molecule has 0 aliphatic rings. The van der Waals surface area contributed by atoms with Gasteiger partial charge in [-0.25, -0.2) is 4.98 Å². The Kier molecular flexibility index (Phi) is 3.73. The maximum absolute atomic E-state index is 11.7. The molecule has 2 aromatic heterocycles. The summed E-state index contributed by atoms with van der Waals surface area (Å²) in [6.07, 6.45) is 1.54. The van der Waals surface area contributed by atoms with Crippen LogP contribution in [0.25, 0.3) is 0 Å². The van der Waals surface area contributed by atoms with E-state index < -0.39 is 0 Å². The average molecular weight is 264 g/mol. The first-order valence-corrected chi connectivity index (χ1v) is 6.00. The maximum atomic E-state index is 11.7. The Morgan fingerprint density at radius 3 is 2.89 bits per heavy atom. The van der Waals surface area contributed by atoms with Gasteiger partial charge in [0.15, 0.2) is 0 Å². The lowest BCUT2D eigenvalue weighted by Crippen LogP contribution is -2.29. The third kappa shape index (κ3) is 2.95. The summed E-state index contributed by atoms with van der Waals surface area (Å²) < 4.78 is 4.95. The van der Waals surface area contributed by atoms with Gasteiger partial charge in [0.05, 0.1) is 12.0 Å². The summed E-state index contributed by atoms with van der Waals surface area (Å²) in [5.41, 5.74) is 5.15. The predicted molar refractivity (Wildman–Crippen MR) is 68.7 cm³/mol. The van der Waals surface area contributed by atoms with Crippen LogP contribution < -0.4 is 15.6 Å². The van der Waals surface area contributed by atoms with Crippen LogP contribution >= 0.6 is 11.3 Å². The van der Waals surface area contributed by atoms with Gasteiger partial charge in [-0.1, -0.05) is 0 Å². The molecule has 0 fully saturated rings. The number of aryl methyl sites for hydroxylation is 1. The van der Waals surface area contributed by atoms with Crippen molar-refractivity contribution in [1.82, 2.24) is 15.4 Å². The molecule has 2 heterocycles. The molecule has 0 bridgehead atoms. The van der Waals surface area contributed by atoms with Crippen molar-refractivity contribution in [2.75, 3.05) is 12.5 Å². The van der Waals surface area contributed by atoms with Crippen molar-refractivity contribution >= 4 is 23.2 Å². The zero-order valence-electron chi connectivity index (χ0n) is 9.93. The number of hydrazine groups is 1. The number of amides is 1. The summed E-state index contributed by atoms with van der Waals surface area (Å²) in [7, 11) is 1.51. The number of hydrogen-bond donors (Lipinski definition) is 2. The van der Waals surface area contributed by atoms with Gasteiger partial charge in [0.2, 0.25) is 11.8 Å². The van der Waals surface area contributed by atoms with Crippen LogP contribution in [0, 0.1) is 6.92 Å². The average Bonchev–Trinajstić information content (AvgIpc) is 2.83. The summed E-state index contributed by atoms with van der Waals surface area (Å²) in [4.78, 5) is 21.4. The number of carbonyl (C=O) groups excluding carboxylic acids is 1. The Morgan fingerprint density at radius 2 is 2.22 bits per heavy atom. The highest BCUT2D eigenvalue weighted by molar-refractivity contribution is 7.13. The van der Waals surface area contributed by atoms with Gasteiger partial charge in [0.1, 0.15) is 0 Å². The van der Waals surface area contributed by atoms with E-state index in [0.717, 1.165) is 4.88 Å². The fraction of sp³-hybridized carbons (Fsp3) is 0.182. The van der Waals surface area contributed by atoms with Crippen LogP contribution in [0.15, 0.2) is 24.4 Å². The van der Waals surface area contributed by atoms with Crippen molar-refractivity contribution in [2.45, 2.75) is 6.92 Å². The number of rotatable bonds is 4. The molecule has 1 amide bonds. The molecular weight excluding hydrogens is 252 g/mol. The minimum Gasteiger partial charge on any atom is -0.481 e. The molecule has 0 radical (unpaired) electrons. The summed E-state index contributed by atoms with van der Waals surface area (Å²) in [6.45, 7) is 1.94. The number of nitrogens with one attached hydrogen (secondary N) is 2. The minimum absolute atomic E-state index is 0.223. The van der Waals surface area contributed by atoms with E-state index in [1.807, 2.05) is 13.0 Å². The number of carbonyl (C=O) groups is 1. The maximum Gasteiger partial charge on any atom is 0.279 e. The van der Waals surface area contributed by atoms with Gasteiger partial charge in [-0.05, 0) is 19.1 Å². The van der Waals surface area contributed by atoms with Crippen molar-refractivity contribution in [2.24, 2.45) is 0 Å². The van der Waals surface area contributed by atoms with Crippen molar-refractivity contribution in [1.29, 1.82) is 0 Å². The molecule has 0 aromatic carbocycles. The van der Waals surface area contributed by atoms with Crippen LogP contribution in [0.2, 0.25) is 0 Å². The number of thiophene rings is 1. The fourth-order valence-electron chi connectivity index (χ4n) is 1.25. The molecule has 7 heteroatoms. The van der Waals surface area contributed by atoms with Gasteiger partial charge in [0, 0.05) is 17.1 Å². The van der Waals surface area contributed by atoms with Crippen LogP contribution in [-0.4, -0.2) is 23.0 Å². The number of ether oxygens (including phenoxy) is 1. The molecule has 18 heavy (non-hydrogen) atoms. The Labute approximate surface area is 108 Å². The van der Waals surface area contributed by atoms with Crippen LogP contribution in [-0.2, 0) is 0 Å². The van der Waals surface area contributed by atoms with E-state index in [9.17, 15) is 4.79 Å². The lowest BCUT2D eigenvalue weighted by Gasteiger charge is -2.06. The Morgan fingerprint density at radius 1 is 1.39 bits per heavy atom. The van der Waals surface area contributed by atoms with E-state index in [-0.39, 0.29) is 11.9 Å². The molecule has 2 rings (SSSR count). The molecule has 0 aliphatic carbocycles. The normalized spacial score (nSPS) is 9.89. The van der Waals surface area contributed by atoms with Gasteiger partial charge in [-0.2, -0.15) is 4.98 Å². The first kappa shape index (κ1) is 12.3. The zero-order valence-corrected chi connectivity index (χ0v) is 10.7. The highest BCUT2D eigenvalue weighted by Gasteiger charge is 2.08. The third-order valence-corrected chi connectivity index (χ3v) is 3.09. The molecule has 2 N–H and O–H groups in total. The van der Waals surface area contributed by atoms with Crippen LogP contribution in [0.5, 0.6) is 5.88 Å². The predicted octanol–water partition coefficient (Wildman–Crippen LogP) is 1.61. The molecule has 0 saturated heterocycles. The number of aromatic nitrogens is 2. The summed E-state index contributed by atoms with van der Waals surface area (Å²) in [5.74, 6) is 0.476. The second-order valence-electron chi connectivity index (χ2n) is 3.41. The van der Waals surface area contributed by atoms with Gasteiger partial charge >= 0.3 is 0 Å². The topological polar surface area (TPSA) is 76.1 Å². The quantitative estimate of drug-likeness (QED) is 0.820. The van der Waals surface area contributed by atoms with Crippen molar-refractivity contribution in [3.05, 3.63) is 34.2 Å². The van der Waals surface area contributed by atoms with E-state index in [2.05, 4.69) is 20.8 Å². The second-order valence-corrected chi connectivity index (χ2v) is 4.70. The summed E-state index contributed by atoms with van der Waals surface area (Å²) >= 11 is 1.42. The standard InChI is InChI=1S/C11H12N4O2S/c1-7-3-4-8(18-7)10(16)14-15-11-12-6-5-9(13-11)17-2/h3-6H,1-2H3,(H,14,16)(H,12,13,15). The smallest absolute Gasteiger partial charge is 0.279 e. The van der Waals surface area contributed by atoms with Gasteiger partial charge in [-0.3, -0.25) is 15.6 Å². The Hall–Kier alpha value is -2.15. The Bertz CT molecular complexity index is 555. The molecule has 0 aliphatic heterocycles. The van der Waals surface area contributed by atoms with Gasteiger partial charge in [-0.15, -0.1) is 11.3 Å². The van der Waals surface area contributed by atoms with E-state index in [1.54, 1.807) is 12.1 Å². The molecular formula is C11H12N4O2S. The second kappa shape index (κ2) is 5.46. The van der Waals surface area contributed by atoms with Gasteiger partial charge in [0.25, 0.3) is 5.91 Å². The molecule has 2 aromatic rings. The number of hydrogen-bond acceptors (Lipinski definition) is 6. The first-order chi connectivity index (χ1) is 8.69. The molecule has 0 spiro atoms. The molecule has 6 nitrogen and oxygen atoms in total. The largest absolute Gasteiger partial charge is 0.481 e. The highest BCUT2D eigenvalue weighted by Crippen LogP contribution is 2.14. The summed E-state index contributed by atoms with van der Waals surface area (Å²) in [5, 5.41) is 0. The Balaban J connectivity index is 1.97. The highest BCUT2D eigenvalue weighted by atomic mass is 32.1. The van der Waals surface area contributed by atoms with E-state index in [0.29, 0.717) is 10.8 Å². The van der Waals surface area contributed by atoms with Crippen molar-refractivity contribution in [3.8, 4) is 5.88 Å². The van der Waals surface area contributed by atoms with Crippen molar-refractivity contribution in [3.63, 3.8) is 0 Å². The number of methoxy groups -OCH3 is 1. The zero-order chi connectivity index (χ0) is 13.0. The van der Waals surface area contributed by atoms with Crippen LogP contribution in [0.4, 0.5) is 5.95 Å². The fourth-order valence-corrected chi connectivity index (χ4v) is 2.01.